The second-order valence-electron chi connectivity index (χ2n) is 7.94. The first-order chi connectivity index (χ1) is 14.1. The Balaban J connectivity index is 0.00000240. The van der Waals surface area contributed by atoms with Crippen LogP contribution in [0.15, 0.2) is 60.7 Å². The second-order valence-corrected chi connectivity index (χ2v) is 7.94. The van der Waals surface area contributed by atoms with Crippen molar-refractivity contribution < 1.29 is 9.53 Å². The van der Waals surface area contributed by atoms with E-state index in [1.807, 2.05) is 60.4 Å². The minimum absolute atomic E-state index is 0. The molecule has 1 heterocycles. The van der Waals surface area contributed by atoms with Crippen LogP contribution in [0.2, 0.25) is 0 Å². The van der Waals surface area contributed by atoms with Crippen LogP contribution in [0.1, 0.15) is 31.0 Å². The number of benzene rings is 2. The van der Waals surface area contributed by atoms with Crippen molar-refractivity contribution in [3.8, 4) is 0 Å². The minimum atomic E-state index is -0.322. The van der Waals surface area contributed by atoms with E-state index in [0.29, 0.717) is 6.54 Å². The third kappa shape index (κ3) is 7.78. The van der Waals surface area contributed by atoms with Crippen LogP contribution in [-0.2, 0) is 16.1 Å². The first kappa shape index (κ1) is 27.4. The van der Waals surface area contributed by atoms with Gasteiger partial charge in [0.25, 0.3) is 0 Å². The van der Waals surface area contributed by atoms with Crippen LogP contribution in [0.4, 0.5) is 0 Å². The molecule has 1 aliphatic rings. The highest BCUT2D eigenvalue weighted by atomic mass is 35.5. The molecule has 0 aromatic heterocycles. The molecule has 2 aromatic carbocycles. The quantitative estimate of drug-likeness (QED) is 0.638. The SMILES string of the molecule is CC(C(=O)N(Cc1ccccc1)C(C)CN1CCOCC1)C(N)c1ccccc1.Cl.Cl. The van der Waals surface area contributed by atoms with Crippen molar-refractivity contribution in [3.63, 3.8) is 0 Å². The van der Waals surface area contributed by atoms with Gasteiger partial charge in [-0.25, -0.2) is 0 Å². The molecule has 1 fully saturated rings. The summed E-state index contributed by atoms with van der Waals surface area (Å²) in [4.78, 5) is 17.9. The number of nitrogens with zero attached hydrogens (tertiary/aromatic N) is 2. The predicted octanol–water partition coefficient (Wildman–Crippen LogP) is 3.92. The van der Waals surface area contributed by atoms with Gasteiger partial charge < -0.3 is 15.4 Å². The van der Waals surface area contributed by atoms with Gasteiger partial charge in [-0.05, 0) is 18.1 Å². The summed E-state index contributed by atoms with van der Waals surface area (Å²) in [6, 6.07) is 19.8. The fourth-order valence-electron chi connectivity index (χ4n) is 3.87. The highest BCUT2D eigenvalue weighted by Gasteiger charge is 2.30. The molecule has 1 saturated heterocycles. The molecular formula is C24H35Cl2N3O2. The molecule has 0 bridgehead atoms. The Labute approximate surface area is 198 Å². The number of nitrogens with two attached hydrogens (primary N) is 1. The normalized spacial score (nSPS) is 16.9. The summed E-state index contributed by atoms with van der Waals surface area (Å²) >= 11 is 0. The fraction of sp³-hybridized carbons (Fsp3) is 0.458. The monoisotopic (exact) mass is 467 g/mol. The molecule has 7 heteroatoms. The molecule has 3 rings (SSSR count). The third-order valence-corrected chi connectivity index (χ3v) is 5.75. The van der Waals surface area contributed by atoms with E-state index in [0.717, 1.165) is 44.0 Å². The average molecular weight is 468 g/mol. The number of rotatable bonds is 8. The van der Waals surface area contributed by atoms with Gasteiger partial charge in [0.2, 0.25) is 5.91 Å². The van der Waals surface area contributed by atoms with Crippen LogP contribution in [-0.4, -0.2) is 54.6 Å². The summed E-state index contributed by atoms with van der Waals surface area (Å²) < 4.78 is 5.46. The summed E-state index contributed by atoms with van der Waals surface area (Å²) in [6.45, 7) is 8.86. The molecular weight excluding hydrogens is 433 g/mol. The van der Waals surface area contributed by atoms with Crippen molar-refractivity contribution in [2.75, 3.05) is 32.8 Å². The number of hydrogen-bond acceptors (Lipinski definition) is 4. The Morgan fingerprint density at radius 2 is 1.55 bits per heavy atom. The molecule has 172 valence electrons. The number of carbonyl (C=O) groups is 1. The van der Waals surface area contributed by atoms with E-state index < -0.39 is 0 Å². The Morgan fingerprint density at radius 3 is 2.13 bits per heavy atom. The van der Waals surface area contributed by atoms with E-state index in [2.05, 4.69) is 24.0 Å². The minimum Gasteiger partial charge on any atom is -0.379 e. The van der Waals surface area contributed by atoms with Crippen LogP contribution in [0, 0.1) is 5.92 Å². The first-order valence-corrected chi connectivity index (χ1v) is 10.5. The van der Waals surface area contributed by atoms with E-state index in [1.54, 1.807) is 0 Å². The predicted molar refractivity (Wildman–Crippen MR) is 131 cm³/mol. The topological polar surface area (TPSA) is 58.8 Å². The van der Waals surface area contributed by atoms with E-state index in [9.17, 15) is 4.79 Å². The number of ether oxygens (including phenoxy) is 1. The van der Waals surface area contributed by atoms with Crippen molar-refractivity contribution in [2.24, 2.45) is 11.7 Å². The largest absolute Gasteiger partial charge is 0.379 e. The zero-order chi connectivity index (χ0) is 20.6. The molecule has 2 aromatic rings. The lowest BCUT2D eigenvalue weighted by molar-refractivity contribution is -0.139. The smallest absolute Gasteiger partial charge is 0.227 e. The lowest BCUT2D eigenvalue weighted by atomic mass is 9.93. The molecule has 0 spiro atoms. The number of halogens is 2. The van der Waals surface area contributed by atoms with Crippen LogP contribution in [0.3, 0.4) is 0 Å². The number of hydrogen-bond donors (Lipinski definition) is 1. The Hall–Kier alpha value is -1.63. The molecule has 3 unspecified atom stereocenters. The van der Waals surface area contributed by atoms with Gasteiger partial charge in [0.05, 0.1) is 19.1 Å². The standard InChI is InChI=1S/C24H33N3O2.2ClH/c1-19(17-26-13-15-29-16-14-26)27(18-21-9-5-3-6-10-21)24(28)20(2)23(25)22-11-7-4-8-12-22;;/h3-12,19-20,23H,13-18,25H2,1-2H3;2*1H. The van der Waals surface area contributed by atoms with E-state index >= 15 is 0 Å². The lowest BCUT2D eigenvalue weighted by Crippen LogP contribution is -2.50. The van der Waals surface area contributed by atoms with Crippen LogP contribution >= 0.6 is 24.8 Å². The van der Waals surface area contributed by atoms with Crippen LogP contribution in [0.25, 0.3) is 0 Å². The number of amides is 1. The second kappa shape index (κ2) is 13.7. The van der Waals surface area contributed by atoms with Gasteiger partial charge in [-0.1, -0.05) is 67.6 Å². The van der Waals surface area contributed by atoms with Crippen molar-refractivity contribution in [3.05, 3.63) is 71.8 Å². The van der Waals surface area contributed by atoms with Gasteiger partial charge in [0.15, 0.2) is 0 Å². The third-order valence-electron chi connectivity index (χ3n) is 5.75. The summed E-state index contributed by atoms with van der Waals surface area (Å²) in [5, 5.41) is 0. The van der Waals surface area contributed by atoms with Crippen molar-refractivity contribution in [1.29, 1.82) is 0 Å². The van der Waals surface area contributed by atoms with E-state index in [1.165, 1.54) is 0 Å². The molecule has 0 radical (unpaired) electrons. The van der Waals surface area contributed by atoms with E-state index in [4.69, 9.17) is 10.5 Å². The highest BCUT2D eigenvalue weighted by molar-refractivity contribution is 5.85. The van der Waals surface area contributed by atoms with Crippen LogP contribution < -0.4 is 5.73 Å². The molecule has 3 atom stereocenters. The van der Waals surface area contributed by atoms with Crippen molar-refractivity contribution in [1.82, 2.24) is 9.80 Å². The number of morpholine rings is 1. The molecule has 5 nitrogen and oxygen atoms in total. The molecule has 1 amide bonds. The average Bonchev–Trinajstić information content (AvgIpc) is 2.78. The van der Waals surface area contributed by atoms with Crippen molar-refractivity contribution in [2.45, 2.75) is 32.5 Å². The molecule has 1 aliphatic heterocycles. The zero-order valence-electron chi connectivity index (χ0n) is 18.4. The van der Waals surface area contributed by atoms with E-state index in [-0.39, 0.29) is 48.7 Å². The van der Waals surface area contributed by atoms with Crippen molar-refractivity contribution >= 4 is 30.7 Å². The molecule has 2 N–H and O–H groups in total. The Morgan fingerprint density at radius 1 is 1.00 bits per heavy atom. The molecule has 31 heavy (non-hydrogen) atoms. The van der Waals surface area contributed by atoms with Gasteiger partial charge in [0, 0.05) is 38.3 Å². The van der Waals surface area contributed by atoms with Gasteiger partial charge >= 0.3 is 0 Å². The fourth-order valence-corrected chi connectivity index (χ4v) is 3.87. The maximum atomic E-state index is 13.5. The maximum absolute atomic E-state index is 13.5. The zero-order valence-corrected chi connectivity index (χ0v) is 20.0. The first-order valence-electron chi connectivity index (χ1n) is 10.5. The summed E-state index contributed by atoms with van der Waals surface area (Å²) in [5.74, 6) is -0.195. The summed E-state index contributed by atoms with van der Waals surface area (Å²) in [7, 11) is 0. The highest BCUT2D eigenvalue weighted by Crippen LogP contribution is 2.23. The van der Waals surface area contributed by atoms with Gasteiger partial charge in [-0.3, -0.25) is 9.69 Å². The Bertz CT molecular complexity index is 758. The summed E-state index contributed by atoms with van der Waals surface area (Å²) in [5.41, 5.74) is 8.61. The van der Waals surface area contributed by atoms with Gasteiger partial charge in [-0.15, -0.1) is 24.8 Å². The van der Waals surface area contributed by atoms with Gasteiger partial charge in [-0.2, -0.15) is 0 Å². The Kier molecular flexibility index (Phi) is 12.1. The maximum Gasteiger partial charge on any atom is 0.227 e. The lowest BCUT2D eigenvalue weighted by Gasteiger charge is -2.37. The van der Waals surface area contributed by atoms with Crippen LogP contribution in [0.5, 0.6) is 0 Å². The molecule has 0 saturated carbocycles. The number of carbonyl (C=O) groups excluding carboxylic acids is 1. The molecule has 0 aliphatic carbocycles. The van der Waals surface area contributed by atoms with Gasteiger partial charge in [0.1, 0.15) is 0 Å². The summed E-state index contributed by atoms with van der Waals surface area (Å²) in [6.07, 6.45) is 0.